The zero-order chi connectivity index (χ0) is 70.1. The Morgan fingerprint density at radius 2 is 0.484 bits per heavy atom. The largest absolute Gasteiger partial charge is 0.472 e. The molecular weight excluding hydrogens is 1250 g/mol. The lowest BCUT2D eigenvalue weighted by Crippen LogP contribution is -2.30. The van der Waals surface area contributed by atoms with E-state index in [9.17, 15) is 43.2 Å². The summed E-state index contributed by atoms with van der Waals surface area (Å²) < 4.78 is 68.3. The molecule has 0 saturated heterocycles. The molecule has 0 aliphatic heterocycles. The summed E-state index contributed by atoms with van der Waals surface area (Å²) in [5.41, 5.74) is 0. The highest BCUT2D eigenvalue weighted by atomic mass is 31.2. The number of carbonyl (C=O) groups is 4. The summed E-state index contributed by atoms with van der Waals surface area (Å²) in [6.07, 6.45) is 53.1. The van der Waals surface area contributed by atoms with Gasteiger partial charge in [0, 0.05) is 25.7 Å². The number of ether oxygens (including phenoxy) is 4. The van der Waals surface area contributed by atoms with E-state index in [0.717, 1.165) is 114 Å². The number of esters is 4. The van der Waals surface area contributed by atoms with Gasteiger partial charge in [0.05, 0.1) is 26.4 Å². The SMILES string of the molecule is CCCCCCCC(=O)OC[C@H](COP(=O)(O)OC[C@H](O)COP(=O)(O)OC[C@@H](COC(=O)CCCCCCCCCCCCCCCC(C)C)OC(=O)CCCCCCCCCCCCCCCCCC(C)C)OC(=O)CCCCCCCCCCCCCCCC(C)C. The standard InChI is InChI=1S/C76H148O17P2/c1-8-9-10-40-50-57-73(78)86-63-71(92-75(80)59-53-46-39-33-27-21-15-18-24-30-36-43-49-56-69(6)7)65-90-94(82,83)88-61-70(77)62-89-95(84,85)91-66-72(64-87-74(79)58-51-44-37-31-25-20-14-17-23-29-35-42-48-55-68(4)5)93-76(81)60-52-45-38-32-26-19-13-11-12-16-22-28-34-41-47-54-67(2)3/h67-72,77H,8-66H2,1-7H3,(H,82,83)(H,84,85)/t70-,71+,72+/m0/s1. The van der Waals surface area contributed by atoms with Crippen molar-refractivity contribution in [3.8, 4) is 0 Å². The molecule has 0 radical (unpaired) electrons. The fraction of sp³-hybridized carbons (Fsp3) is 0.947. The van der Waals surface area contributed by atoms with Crippen molar-refractivity contribution in [1.29, 1.82) is 0 Å². The average Bonchev–Trinajstić information content (AvgIpc) is 1.21. The second-order valence-corrected chi connectivity index (χ2v) is 31.7. The number of rotatable bonds is 74. The van der Waals surface area contributed by atoms with Gasteiger partial charge >= 0.3 is 39.5 Å². The third kappa shape index (κ3) is 70.3. The third-order valence-corrected chi connectivity index (χ3v) is 19.5. The van der Waals surface area contributed by atoms with E-state index in [1.807, 2.05) is 0 Å². The first-order chi connectivity index (χ1) is 45.7. The van der Waals surface area contributed by atoms with Crippen LogP contribution in [0.4, 0.5) is 0 Å². The lowest BCUT2D eigenvalue weighted by atomic mass is 10.0. The number of hydrogen-bond acceptors (Lipinski definition) is 15. The molecule has 95 heavy (non-hydrogen) atoms. The predicted octanol–water partition coefficient (Wildman–Crippen LogP) is 22.2. The second kappa shape index (κ2) is 66.6. The molecule has 3 N–H and O–H groups in total. The fourth-order valence-corrected chi connectivity index (χ4v) is 13.2. The fourth-order valence-electron chi connectivity index (χ4n) is 11.6. The summed E-state index contributed by atoms with van der Waals surface area (Å²) in [4.78, 5) is 72.5. The smallest absolute Gasteiger partial charge is 0.462 e. The number of phosphoric ester groups is 2. The van der Waals surface area contributed by atoms with Gasteiger partial charge in [-0.1, -0.05) is 337 Å². The van der Waals surface area contributed by atoms with Gasteiger partial charge in [-0.15, -0.1) is 0 Å². The van der Waals surface area contributed by atoms with Crippen LogP contribution in [0.1, 0.15) is 389 Å². The van der Waals surface area contributed by atoms with Gasteiger partial charge in [0.15, 0.2) is 12.2 Å². The van der Waals surface area contributed by atoms with E-state index >= 15 is 0 Å². The van der Waals surface area contributed by atoms with Crippen LogP contribution in [0.5, 0.6) is 0 Å². The van der Waals surface area contributed by atoms with Crippen LogP contribution in [0.15, 0.2) is 0 Å². The molecule has 0 spiro atoms. The molecule has 0 rings (SSSR count). The molecule has 0 aliphatic rings. The number of phosphoric acid groups is 2. The highest BCUT2D eigenvalue weighted by molar-refractivity contribution is 7.47. The van der Waals surface area contributed by atoms with Crippen LogP contribution in [-0.4, -0.2) is 96.7 Å². The molecule has 17 nitrogen and oxygen atoms in total. The zero-order valence-corrected chi connectivity index (χ0v) is 63.9. The molecule has 5 atom stereocenters. The normalized spacial score (nSPS) is 14.1. The summed E-state index contributed by atoms with van der Waals surface area (Å²) in [5.74, 6) is 0.253. The highest BCUT2D eigenvalue weighted by Crippen LogP contribution is 2.45. The molecule has 0 aliphatic carbocycles. The van der Waals surface area contributed by atoms with E-state index in [-0.39, 0.29) is 25.7 Å². The average molecular weight is 1400 g/mol. The van der Waals surface area contributed by atoms with Crippen LogP contribution < -0.4 is 0 Å². The maximum absolute atomic E-state index is 13.1. The Labute approximate surface area is 581 Å². The van der Waals surface area contributed by atoms with E-state index in [2.05, 4.69) is 48.5 Å². The summed E-state index contributed by atoms with van der Waals surface area (Å²) in [6, 6.07) is 0. The molecule has 0 fully saturated rings. The van der Waals surface area contributed by atoms with E-state index in [1.165, 1.54) is 193 Å². The Hall–Kier alpha value is -1.94. The molecule has 0 heterocycles. The highest BCUT2D eigenvalue weighted by Gasteiger charge is 2.30. The van der Waals surface area contributed by atoms with Crippen molar-refractivity contribution in [1.82, 2.24) is 0 Å². The van der Waals surface area contributed by atoms with E-state index in [0.29, 0.717) is 25.7 Å². The lowest BCUT2D eigenvalue weighted by molar-refractivity contribution is -0.161. The second-order valence-electron chi connectivity index (χ2n) is 28.8. The zero-order valence-electron chi connectivity index (χ0n) is 62.1. The van der Waals surface area contributed by atoms with Gasteiger partial charge in [-0.2, -0.15) is 0 Å². The first-order valence-corrected chi connectivity index (χ1v) is 42.3. The molecule has 564 valence electrons. The lowest BCUT2D eigenvalue weighted by Gasteiger charge is -2.21. The molecule has 0 aromatic rings. The monoisotopic (exact) mass is 1400 g/mol. The Kier molecular flexibility index (Phi) is 65.2. The van der Waals surface area contributed by atoms with Gasteiger partial charge in [0.2, 0.25) is 0 Å². The summed E-state index contributed by atoms with van der Waals surface area (Å²) in [5, 5.41) is 10.6. The number of hydrogen-bond donors (Lipinski definition) is 3. The Morgan fingerprint density at radius 3 is 0.716 bits per heavy atom. The van der Waals surface area contributed by atoms with Crippen molar-refractivity contribution < 1.29 is 80.2 Å². The van der Waals surface area contributed by atoms with Gasteiger partial charge in [0.25, 0.3) is 0 Å². The van der Waals surface area contributed by atoms with Crippen LogP contribution in [0.3, 0.4) is 0 Å². The van der Waals surface area contributed by atoms with Crippen molar-refractivity contribution in [2.45, 2.75) is 407 Å². The van der Waals surface area contributed by atoms with Crippen LogP contribution in [-0.2, 0) is 65.4 Å². The summed E-state index contributed by atoms with van der Waals surface area (Å²) >= 11 is 0. The van der Waals surface area contributed by atoms with Crippen LogP contribution in [0, 0.1) is 17.8 Å². The van der Waals surface area contributed by atoms with Gasteiger partial charge in [-0.25, -0.2) is 9.13 Å². The Balaban J connectivity index is 5.14. The number of aliphatic hydroxyl groups is 1. The molecule has 2 unspecified atom stereocenters. The first-order valence-electron chi connectivity index (χ1n) is 39.3. The number of carbonyl (C=O) groups excluding carboxylic acids is 4. The molecule has 0 saturated carbocycles. The van der Waals surface area contributed by atoms with Crippen molar-refractivity contribution in [2.24, 2.45) is 17.8 Å². The van der Waals surface area contributed by atoms with Crippen molar-refractivity contribution >= 4 is 39.5 Å². The first kappa shape index (κ1) is 93.1. The van der Waals surface area contributed by atoms with E-state index in [1.54, 1.807) is 0 Å². The molecular formula is C76H148O17P2. The van der Waals surface area contributed by atoms with Crippen LogP contribution in [0.2, 0.25) is 0 Å². The van der Waals surface area contributed by atoms with Crippen molar-refractivity contribution in [2.75, 3.05) is 39.6 Å². The minimum absolute atomic E-state index is 0.106. The topological polar surface area (TPSA) is 237 Å². The van der Waals surface area contributed by atoms with Gasteiger partial charge in [-0.3, -0.25) is 37.3 Å². The van der Waals surface area contributed by atoms with Crippen LogP contribution in [0.25, 0.3) is 0 Å². The molecule has 0 aromatic heterocycles. The van der Waals surface area contributed by atoms with Gasteiger partial charge < -0.3 is 33.8 Å². The molecule has 0 amide bonds. The molecule has 0 bridgehead atoms. The minimum Gasteiger partial charge on any atom is -0.462 e. The van der Waals surface area contributed by atoms with E-state index < -0.39 is 97.5 Å². The van der Waals surface area contributed by atoms with Crippen LogP contribution >= 0.6 is 15.6 Å². The minimum atomic E-state index is -4.96. The Bertz CT molecular complexity index is 1850. The maximum atomic E-state index is 13.1. The van der Waals surface area contributed by atoms with Gasteiger partial charge in [0.1, 0.15) is 19.3 Å². The Morgan fingerprint density at radius 1 is 0.284 bits per heavy atom. The number of unbranched alkanes of at least 4 members (excludes halogenated alkanes) is 42. The van der Waals surface area contributed by atoms with Gasteiger partial charge in [-0.05, 0) is 43.4 Å². The molecule has 0 aromatic carbocycles. The van der Waals surface area contributed by atoms with Crippen molar-refractivity contribution in [3.05, 3.63) is 0 Å². The summed E-state index contributed by atoms with van der Waals surface area (Å²) in [7, 11) is -9.90. The number of aliphatic hydroxyl groups excluding tert-OH is 1. The maximum Gasteiger partial charge on any atom is 0.472 e. The van der Waals surface area contributed by atoms with E-state index in [4.69, 9.17) is 37.0 Å². The predicted molar refractivity (Wildman–Crippen MR) is 386 cm³/mol. The quantitative estimate of drug-likeness (QED) is 0.0222. The third-order valence-electron chi connectivity index (χ3n) is 17.6. The summed E-state index contributed by atoms with van der Waals surface area (Å²) in [6.45, 7) is 11.9. The van der Waals surface area contributed by atoms with Crippen molar-refractivity contribution in [3.63, 3.8) is 0 Å². The molecule has 19 heteroatoms.